The molecular formula is C28H25F2N3O4S2. The lowest BCUT2D eigenvalue weighted by Gasteiger charge is -2.37. The third-order valence-corrected chi connectivity index (χ3v) is 8.63. The Kier molecular flexibility index (Phi) is 8.29. The van der Waals surface area contributed by atoms with E-state index in [-0.39, 0.29) is 29.2 Å². The lowest BCUT2D eigenvalue weighted by atomic mass is 9.94. The monoisotopic (exact) mass is 569 g/mol. The largest absolute Gasteiger partial charge is 0.294 e. The summed E-state index contributed by atoms with van der Waals surface area (Å²) in [4.78, 5) is 56.6. The third-order valence-electron chi connectivity index (χ3n) is 6.82. The summed E-state index contributed by atoms with van der Waals surface area (Å²) in [5, 5.41) is -0.890. The second kappa shape index (κ2) is 11.8. The van der Waals surface area contributed by atoms with Crippen LogP contribution in [0.4, 0.5) is 18.4 Å². The maximum Gasteiger partial charge on any atom is 0.294 e. The van der Waals surface area contributed by atoms with E-state index in [0.29, 0.717) is 11.1 Å². The van der Waals surface area contributed by atoms with Crippen molar-refractivity contribution in [3.05, 3.63) is 81.1 Å². The highest BCUT2D eigenvalue weighted by Gasteiger charge is 2.41. The zero-order valence-corrected chi connectivity index (χ0v) is 22.5. The van der Waals surface area contributed by atoms with Crippen LogP contribution in [0.1, 0.15) is 43.2 Å². The molecule has 0 unspecified atom stereocenters. The van der Waals surface area contributed by atoms with Crippen molar-refractivity contribution in [2.45, 2.75) is 38.1 Å². The van der Waals surface area contributed by atoms with Gasteiger partial charge in [0.1, 0.15) is 11.6 Å². The molecule has 2 saturated heterocycles. The van der Waals surface area contributed by atoms with Crippen molar-refractivity contribution in [3.8, 4) is 0 Å². The van der Waals surface area contributed by atoms with Crippen molar-refractivity contribution < 1.29 is 28.0 Å². The van der Waals surface area contributed by atoms with E-state index in [0.717, 1.165) is 65.4 Å². The molecule has 4 amide bonds. The molecule has 2 aliphatic heterocycles. The number of thioether (sulfide) groups is 2. The van der Waals surface area contributed by atoms with Crippen LogP contribution in [0.15, 0.2) is 58.3 Å². The van der Waals surface area contributed by atoms with Gasteiger partial charge in [0.2, 0.25) is 0 Å². The molecule has 3 aliphatic rings. The lowest BCUT2D eigenvalue weighted by molar-refractivity contribution is -0.127. The summed E-state index contributed by atoms with van der Waals surface area (Å²) < 4.78 is 26.5. The summed E-state index contributed by atoms with van der Waals surface area (Å²) in [6, 6.07) is 11.2. The van der Waals surface area contributed by atoms with Crippen LogP contribution in [-0.2, 0) is 9.59 Å². The minimum absolute atomic E-state index is 0.00907. The number of carbonyl (C=O) groups is 4. The predicted molar refractivity (Wildman–Crippen MR) is 147 cm³/mol. The van der Waals surface area contributed by atoms with Crippen LogP contribution in [0.5, 0.6) is 0 Å². The van der Waals surface area contributed by atoms with Crippen molar-refractivity contribution >= 4 is 58.0 Å². The van der Waals surface area contributed by atoms with Gasteiger partial charge in [-0.25, -0.2) is 8.78 Å². The van der Waals surface area contributed by atoms with Gasteiger partial charge < -0.3 is 0 Å². The molecule has 1 aliphatic carbocycles. The highest BCUT2D eigenvalue weighted by molar-refractivity contribution is 8.18. The minimum atomic E-state index is -0.472. The van der Waals surface area contributed by atoms with Crippen molar-refractivity contribution in [2.24, 2.45) is 0 Å². The number of amides is 4. The molecule has 1 saturated carbocycles. The normalized spacial score (nSPS) is 20.9. The van der Waals surface area contributed by atoms with Crippen LogP contribution in [0, 0.1) is 11.6 Å². The highest BCUT2D eigenvalue weighted by atomic mass is 32.2. The Hall–Kier alpha value is -3.28. The van der Waals surface area contributed by atoms with Gasteiger partial charge in [-0.15, -0.1) is 0 Å². The Bertz CT molecular complexity index is 1260. The second-order valence-corrected chi connectivity index (χ2v) is 11.5. The third kappa shape index (κ3) is 6.32. The number of nitrogens with zero attached hydrogens (tertiary/aromatic N) is 3. The molecule has 39 heavy (non-hydrogen) atoms. The van der Waals surface area contributed by atoms with Crippen LogP contribution >= 0.6 is 23.5 Å². The van der Waals surface area contributed by atoms with E-state index in [4.69, 9.17) is 0 Å². The zero-order valence-electron chi connectivity index (χ0n) is 20.8. The maximum atomic E-state index is 13.3. The van der Waals surface area contributed by atoms with E-state index in [9.17, 15) is 28.0 Å². The summed E-state index contributed by atoms with van der Waals surface area (Å²) in [5.41, 5.74) is 1.19. The minimum Gasteiger partial charge on any atom is -0.268 e. The summed E-state index contributed by atoms with van der Waals surface area (Å²) >= 11 is 1.61. The molecule has 0 spiro atoms. The smallest absolute Gasteiger partial charge is 0.268 e. The molecule has 0 N–H and O–H groups in total. The van der Waals surface area contributed by atoms with E-state index in [1.165, 1.54) is 48.5 Å². The van der Waals surface area contributed by atoms with Gasteiger partial charge in [-0.3, -0.25) is 33.9 Å². The topological polar surface area (TPSA) is 78.0 Å². The Morgan fingerprint density at radius 1 is 0.692 bits per heavy atom. The van der Waals surface area contributed by atoms with Crippen LogP contribution in [0.2, 0.25) is 0 Å². The number of halogens is 2. The fourth-order valence-corrected chi connectivity index (χ4v) is 6.41. The molecule has 0 atom stereocenters. The van der Waals surface area contributed by atoms with Crippen LogP contribution in [-0.4, -0.2) is 56.4 Å². The first kappa shape index (κ1) is 27.3. The molecule has 2 aromatic carbocycles. The van der Waals surface area contributed by atoms with E-state index in [1.54, 1.807) is 12.2 Å². The molecule has 7 nitrogen and oxygen atoms in total. The molecule has 3 fully saturated rings. The van der Waals surface area contributed by atoms with Crippen molar-refractivity contribution in [3.63, 3.8) is 0 Å². The number of benzene rings is 2. The Morgan fingerprint density at radius 3 is 1.51 bits per heavy atom. The Labute approximate surface area is 232 Å². The molecule has 0 radical (unpaired) electrons. The number of carbonyl (C=O) groups excluding carboxylic acids is 4. The van der Waals surface area contributed by atoms with Crippen molar-refractivity contribution in [2.75, 3.05) is 13.3 Å². The summed E-state index contributed by atoms with van der Waals surface area (Å²) in [7, 11) is 0. The quantitative estimate of drug-likeness (QED) is 0.363. The van der Waals surface area contributed by atoms with Gasteiger partial charge in [-0.2, -0.15) is 0 Å². The molecule has 0 aromatic heterocycles. The van der Waals surface area contributed by atoms with Gasteiger partial charge in [0.05, 0.1) is 23.1 Å². The molecule has 5 rings (SSSR count). The van der Waals surface area contributed by atoms with Gasteiger partial charge in [-0.05, 0) is 83.9 Å². The average molecular weight is 570 g/mol. The van der Waals surface area contributed by atoms with Crippen LogP contribution in [0.25, 0.3) is 12.2 Å². The first-order valence-corrected chi connectivity index (χ1v) is 14.2. The zero-order chi connectivity index (χ0) is 27.5. The van der Waals surface area contributed by atoms with Crippen molar-refractivity contribution in [1.82, 2.24) is 14.7 Å². The molecule has 0 bridgehead atoms. The summed E-state index contributed by atoms with van der Waals surface area (Å²) in [6.07, 6.45) is 7.76. The second-order valence-electron chi connectivity index (χ2n) is 9.49. The lowest BCUT2D eigenvalue weighted by Crippen LogP contribution is -2.51. The fraction of sp³-hybridized carbons (Fsp3) is 0.286. The summed E-state index contributed by atoms with van der Waals surface area (Å²) in [5.74, 6) is -1.74. The number of rotatable bonds is 7. The van der Waals surface area contributed by atoms with E-state index in [2.05, 4.69) is 0 Å². The van der Waals surface area contributed by atoms with Gasteiger partial charge >= 0.3 is 0 Å². The van der Waals surface area contributed by atoms with Crippen molar-refractivity contribution in [1.29, 1.82) is 0 Å². The number of hydrogen-bond acceptors (Lipinski definition) is 7. The van der Waals surface area contributed by atoms with Gasteiger partial charge in [-0.1, -0.05) is 43.5 Å². The molecule has 202 valence electrons. The Balaban J connectivity index is 1.34. The molecule has 2 heterocycles. The van der Waals surface area contributed by atoms with E-state index < -0.39 is 33.9 Å². The Morgan fingerprint density at radius 2 is 1.10 bits per heavy atom. The molecular weight excluding hydrogens is 544 g/mol. The first-order chi connectivity index (χ1) is 18.8. The maximum absolute atomic E-state index is 13.3. The van der Waals surface area contributed by atoms with E-state index in [1.807, 2.05) is 4.90 Å². The van der Waals surface area contributed by atoms with Crippen LogP contribution in [0.3, 0.4) is 0 Å². The van der Waals surface area contributed by atoms with Crippen LogP contribution < -0.4 is 0 Å². The fourth-order valence-electron chi connectivity index (χ4n) is 4.75. The SMILES string of the molecule is O=C1SC(=Cc2ccc(F)cc2)C(=O)N1CN(CN1C(=O)SC(=Cc2ccc(F)cc2)C1=O)C1CCCCC1. The summed E-state index contributed by atoms with van der Waals surface area (Å²) in [6.45, 7) is -0.121. The number of hydrogen-bond donors (Lipinski definition) is 0. The first-order valence-electron chi connectivity index (χ1n) is 12.5. The number of imide groups is 2. The highest BCUT2D eigenvalue weighted by Crippen LogP contribution is 2.36. The van der Waals surface area contributed by atoms with Gasteiger partial charge in [0.25, 0.3) is 22.3 Å². The predicted octanol–water partition coefficient (Wildman–Crippen LogP) is 6.29. The molecule has 11 heteroatoms. The van der Waals surface area contributed by atoms with E-state index >= 15 is 0 Å². The van der Waals surface area contributed by atoms with Gasteiger partial charge in [0.15, 0.2) is 0 Å². The average Bonchev–Trinajstić information content (AvgIpc) is 3.35. The van der Waals surface area contributed by atoms with Gasteiger partial charge in [0, 0.05) is 6.04 Å². The standard InChI is InChI=1S/C28H25F2N3O4S2/c29-20-10-6-18(7-11-20)14-23-25(34)32(27(36)38-23)16-31(22-4-2-1-3-5-22)17-33-26(35)24(39-28(33)37)15-19-8-12-21(30)13-9-19/h6-15,22H,1-5,16-17H2. The molecule has 2 aromatic rings.